The Morgan fingerprint density at radius 1 is 1.18 bits per heavy atom. The van der Waals surface area contributed by atoms with Gasteiger partial charge in [-0.25, -0.2) is 0 Å². The number of alkyl halides is 6. The smallest absolute Gasteiger partial charge is 0.313 e. The van der Waals surface area contributed by atoms with Gasteiger partial charge in [-0.05, 0) is 37.6 Å². The van der Waals surface area contributed by atoms with E-state index in [1.54, 1.807) is 0 Å². The molecule has 0 bridgehead atoms. The largest absolute Gasteiger partial charge is 0.435 e. The molecule has 2 fully saturated rings. The first-order valence-electron chi connectivity index (χ1n) is 7.05. The Morgan fingerprint density at radius 2 is 1.91 bits per heavy atom. The van der Waals surface area contributed by atoms with Crippen LogP contribution in [0.5, 0.6) is 0 Å². The molecule has 1 N–H and O–H groups in total. The van der Waals surface area contributed by atoms with Gasteiger partial charge in [0, 0.05) is 17.8 Å². The van der Waals surface area contributed by atoms with E-state index in [0.29, 0.717) is 16.6 Å². The molecule has 2 aliphatic rings. The number of halogens is 6. The van der Waals surface area contributed by atoms with Crippen molar-refractivity contribution in [1.82, 2.24) is 15.1 Å². The fourth-order valence-electron chi connectivity index (χ4n) is 3.45. The van der Waals surface area contributed by atoms with Crippen LogP contribution in [-0.2, 0) is 19.1 Å². The van der Waals surface area contributed by atoms with Crippen molar-refractivity contribution >= 4 is 0 Å². The van der Waals surface area contributed by atoms with Crippen LogP contribution in [0, 0.1) is 11.8 Å². The Labute approximate surface area is 122 Å². The van der Waals surface area contributed by atoms with Gasteiger partial charge in [0.1, 0.15) is 6.54 Å². The minimum atomic E-state index is -4.73. The molecular weight excluding hydrogens is 312 g/mol. The van der Waals surface area contributed by atoms with E-state index in [4.69, 9.17) is 0 Å². The standard InChI is InChI=1S/C13H15F6N3/c14-12(15,16)6-22-5-9(11(21-22)13(17,18)19)2-7-1-8-4-20-10(8)3-7/h5,7-8,10,20H,1-4,6H2. The van der Waals surface area contributed by atoms with Crippen LogP contribution in [0.3, 0.4) is 0 Å². The molecule has 124 valence electrons. The lowest BCUT2D eigenvalue weighted by Gasteiger charge is -2.31. The second-order valence-electron chi connectivity index (χ2n) is 6.13. The van der Waals surface area contributed by atoms with Crippen molar-refractivity contribution in [3.05, 3.63) is 17.5 Å². The van der Waals surface area contributed by atoms with E-state index in [9.17, 15) is 26.3 Å². The lowest BCUT2D eigenvalue weighted by Crippen LogP contribution is -2.49. The quantitative estimate of drug-likeness (QED) is 0.865. The van der Waals surface area contributed by atoms with Gasteiger partial charge in [0.15, 0.2) is 5.69 Å². The predicted octanol–water partition coefficient (Wildman–Crippen LogP) is 3.00. The van der Waals surface area contributed by atoms with Crippen molar-refractivity contribution in [2.45, 2.75) is 44.2 Å². The molecule has 3 rings (SSSR count). The monoisotopic (exact) mass is 327 g/mol. The lowest BCUT2D eigenvalue weighted by molar-refractivity contribution is -0.149. The normalized spacial score (nSPS) is 28.5. The first-order valence-corrected chi connectivity index (χ1v) is 7.05. The average molecular weight is 327 g/mol. The molecule has 1 aliphatic heterocycles. The van der Waals surface area contributed by atoms with Crippen molar-refractivity contribution < 1.29 is 26.3 Å². The minimum Gasteiger partial charge on any atom is -0.313 e. The van der Waals surface area contributed by atoms with Gasteiger partial charge in [0.25, 0.3) is 0 Å². The summed E-state index contributed by atoms with van der Waals surface area (Å²) in [6, 6.07) is 0.351. The maximum Gasteiger partial charge on any atom is 0.435 e. The summed E-state index contributed by atoms with van der Waals surface area (Å²) in [5, 5.41) is 6.33. The number of rotatable bonds is 3. The Bertz CT molecular complexity index is 535. The molecule has 2 heterocycles. The average Bonchev–Trinajstić information content (AvgIpc) is 2.81. The molecular formula is C13H15F6N3. The van der Waals surface area contributed by atoms with Crippen molar-refractivity contribution in [2.24, 2.45) is 11.8 Å². The second-order valence-corrected chi connectivity index (χ2v) is 6.13. The molecule has 1 aliphatic carbocycles. The molecule has 1 aromatic rings. The van der Waals surface area contributed by atoms with E-state index in [2.05, 4.69) is 10.4 Å². The van der Waals surface area contributed by atoms with E-state index >= 15 is 0 Å². The van der Waals surface area contributed by atoms with Crippen LogP contribution >= 0.6 is 0 Å². The number of nitrogens with one attached hydrogen (secondary N) is 1. The number of fused-ring (bicyclic) bond motifs is 1. The molecule has 9 heteroatoms. The molecule has 3 unspecified atom stereocenters. The Kier molecular flexibility index (Phi) is 3.65. The predicted molar refractivity (Wildman–Crippen MR) is 65.0 cm³/mol. The summed E-state index contributed by atoms with van der Waals surface area (Å²) in [6.07, 6.45) is -6.72. The third kappa shape index (κ3) is 3.23. The molecule has 1 saturated heterocycles. The van der Waals surface area contributed by atoms with Gasteiger partial charge in [-0.15, -0.1) is 0 Å². The maximum atomic E-state index is 13.0. The summed E-state index contributed by atoms with van der Waals surface area (Å²) in [4.78, 5) is 0. The van der Waals surface area contributed by atoms with Crippen LogP contribution in [-0.4, -0.2) is 28.5 Å². The van der Waals surface area contributed by atoms with E-state index in [1.807, 2.05) is 0 Å². The van der Waals surface area contributed by atoms with Gasteiger partial charge in [-0.2, -0.15) is 31.4 Å². The molecule has 0 amide bonds. The summed E-state index contributed by atoms with van der Waals surface area (Å²) in [5.74, 6) is 0.555. The van der Waals surface area contributed by atoms with E-state index in [-0.39, 0.29) is 17.9 Å². The Hall–Kier alpha value is -1.25. The van der Waals surface area contributed by atoms with Crippen molar-refractivity contribution in [2.75, 3.05) is 6.54 Å². The zero-order valence-corrected chi connectivity index (χ0v) is 11.5. The highest BCUT2D eigenvalue weighted by Gasteiger charge is 2.43. The zero-order chi connectivity index (χ0) is 16.1. The van der Waals surface area contributed by atoms with E-state index < -0.39 is 24.6 Å². The Morgan fingerprint density at radius 3 is 2.36 bits per heavy atom. The van der Waals surface area contributed by atoms with Crippen molar-refractivity contribution in [3.63, 3.8) is 0 Å². The number of hydrogen-bond donors (Lipinski definition) is 1. The molecule has 0 aromatic carbocycles. The first kappa shape index (κ1) is 15.6. The van der Waals surface area contributed by atoms with Crippen LogP contribution in [0.2, 0.25) is 0 Å². The highest BCUT2D eigenvalue weighted by molar-refractivity contribution is 5.21. The summed E-state index contributed by atoms with van der Waals surface area (Å²) in [6.45, 7) is -0.631. The SMILES string of the molecule is FC(F)(F)Cn1cc(CC2CC3CNC3C2)c(C(F)(F)F)n1. The molecule has 0 spiro atoms. The van der Waals surface area contributed by atoms with Gasteiger partial charge in [-0.1, -0.05) is 0 Å². The Balaban J connectivity index is 1.78. The minimum absolute atomic E-state index is 0.0645. The number of nitrogens with zero attached hydrogens (tertiary/aromatic N) is 2. The second kappa shape index (κ2) is 5.14. The van der Waals surface area contributed by atoms with Crippen LogP contribution < -0.4 is 5.32 Å². The number of aromatic nitrogens is 2. The third-order valence-corrected chi connectivity index (χ3v) is 4.39. The van der Waals surface area contributed by atoms with Gasteiger partial charge in [0.2, 0.25) is 0 Å². The fraction of sp³-hybridized carbons (Fsp3) is 0.769. The first-order chi connectivity index (χ1) is 10.1. The maximum absolute atomic E-state index is 13.0. The topological polar surface area (TPSA) is 29.9 Å². The molecule has 1 saturated carbocycles. The van der Waals surface area contributed by atoms with Gasteiger partial charge in [-0.3, -0.25) is 4.68 Å². The molecule has 0 radical (unpaired) electrons. The zero-order valence-electron chi connectivity index (χ0n) is 11.5. The molecule has 22 heavy (non-hydrogen) atoms. The van der Waals surface area contributed by atoms with Gasteiger partial charge >= 0.3 is 12.4 Å². The molecule has 3 nitrogen and oxygen atoms in total. The highest BCUT2D eigenvalue weighted by Crippen LogP contribution is 2.40. The highest BCUT2D eigenvalue weighted by atomic mass is 19.4. The summed E-state index contributed by atoms with van der Waals surface area (Å²) >= 11 is 0. The van der Waals surface area contributed by atoms with Crippen LogP contribution in [0.1, 0.15) is 24.1 Å². The van der Waals surface area contributed by atoms with Crippen LogP contribution in [0.4, 0.5) is 26.3 Å². The van der Waals surface area contributed by atoms with E-state index in [0.717, 1.165) is 25.6 Å². The van der Waals surface area contributed by atoms with E-state index in [1.165, 1.54) is 0 Å². The summed E-state index contributed by atoms with van der Waals surface area (Å²) in [5.41, 5.74) is -1.33. The summed E-state index contributed by atoms with van der Waals surface area (Å²) in [7, 11) is 0. The summed E-state index contributed by atoms with van der Waals surface area (Å²) < 4.78 is 76.3. The van der Waals surface area contributed by atoms with Crippen LogP contribution in [0.25, 0.3) is 0 Å². The fourth-order valence-corrected chi connectivity index (χ4v) is 3.45. The third-order valence-electron chi connectivity index (χ3n) is 4.39. The lowest BCUT2D eigenvalue weighted by atomic mass is 9.95. The van der Waals surface area contributed by atoms with Gasteiger partial charge in [0.05, 0.1) is 0 Å². The van der Waals surface area contributed by atoms with Crippen molar-refractivity contribution in [3.8, 4) is 0 Å². The molecule has 3 atom stereocenters. The van der Waals surface area contributed by atoms with Crippen LogP contribution in [0.15, 0.2) is 6.20 Å². The molecule has 1 aromatic heterocycles. The van der Waals surface area contributed by atoms with Gasteiger partial charge < -0.3 is 5.32 Å². The van der Waals surface area contributed by atoms with Crippen molar-refractivity contribution in [1.29, 1.82) is 0 Å². The number of hydrogen-bond acceptors (Lipinski definition) is 2.